The summed E-state index contributed by atoms with van der Waals surface area (Å²) in [4.78, 5) is 21.6. The normalized spacial score (nSPS) is 10.9. The van der Waals surface area contributed by atoms with Crippen LogP contribution in [-0.2, 0) is 0 Å². The van der Waals surface area contributed by atoms with Crippen LogP contribution < -0.4 is 5.32 Å². The van der Waals surface area contributed by atoms with Crippen molar-refractivity contribution in [2.75, 3.05) is 5.32 Å². The van der Waals surface area contributed by atoms with E-state index in [0.29, 0.717) is 21.5 Å². The molecule has 6 heteroatoms. The van der Waals surface area contributed by atoms with Crippen molar-refractivity contribution in [3.05, 3.63) is 75.3 Å². The molecule has 0 spiro atoms. The molecule has 1 N–H and O–H groups in total. The minimum atomic E-state index is -0.0537. The number of hydrogen-bond acceptors (Lipinski definition) is 5. The quantitative estimate of drug-likeness (QED) is 0.470. The number of nitrogens with one attached hydrogen (secondary N) is 1. The standard InChI is InChI=1S/C18H14BrN3OS/c1-12-17(15(23)10-7-13-5-8-14(19)9-6-13)24-18(21-12)22-16-4-2-3-11-20-16/h2-11H,1H3,(H,20,21,22)/b10-7+. The molecule has 0 aliphatic carbocycles. The Bertz CT molecular complexity index is 873. The second-order valence-corrected chi connectivity index (χ2v) is 6.94. The fourth-order valence-corrected chi connectivity index (χ4v) is 3.20. The molecule has 2 aromatic heterocycles. The highest BCUT2D eigenvalue weighted by Gasteiger charge is 2.13. The molecule has 4 nitrogen and oxygen atoms in total. The number of carbonyl (C=O) groups excluding carboxylic acids is 1. The van der Waals surface area contributed by atoms with Crippen LogP contribution in [0.2, 0.25) is 0 Å². The molecule has 0 saturated carbocycles. The van der Waals surface area contributed by atoms with Gasteiger partial charge in [-0.1, -0.05) is 51.5 Å². The third-order valence-corrected chi connectivity index (χ3v) is 4.83. The summed E-state index contributed by atoms with van der Waals surface area (Å²) in [5.74, 6) is 0.651. The zero-order chi connectivity index (χ0) is 16.9. The fraction of sp³-hybridized carbons (Fsp3) is 0.0556. The van der Waals surface area contributed by atoms with Crippen LogP contribution in [0.4, 0.5) is 10.9 Å². The Balaban J connectivity index is 1.74. The van der Waals surface area contributed by atoms with Gasteiger partial charge in [0.05, 0.1) is 10.6 Å². The lowest BCUT2D eigenvalue weighted by Crippen LogP contribution is -1.93. The van der Waals surface area contributed by atoms with E-state index < -0.39 is 0 Å². The number of aromatic nitrogens is 2. The number of pyridine rings is 1. The lowest BCUT2D eigenvalue weighted by molar-refractivity contribution is 0.105. The zero-order valence-corrected chi connectivity index (χ0v) is 15.3. The van der Waals surface area contributed by atoms with Gasteiger partial charge in [0.1, 0.15) is 5.82 Å². The highest BCUT2D eigenvalue weighted by molar-refractivity contribution is 9.10. The first-order valence-electron chi connectivity index (χ1n) is 7.25. The van der Waals surface area contributed by atoms with Gasteiger partial charge >= 0.3 is 0 Å². The third kappa shape index (κ3) is 4.15. The number of rotatable bonds is 5. The van der Waals surface area contributed by atoms with Crippen LogP contribution in [0.15, 0.2) is 59.2 Å². The van der Waals surface area contributed by atoms with Crippen LogP contribution in [0.25, 0.3) is 6.08 Å². The Labute approximate surface area is 152 Å². The molecule has 0 bridgehead atoms. The molecular weight excluding hydrogens is 386 g/mol. The summed E-state index contributed by atoms with van der Waals surface area (Å²) in [7, 11) is 0. The van der Waals surface area contributed by atoms with Crippen molar-refractivity contribution in [3.8, 4) is 0 Å². The van der Waals surface area contributed by atoms with E-state index in [2.05, 4.69) is 31.2 Å². The first-order chi connectivity index (χ1) is 11.6. The van der Waals surface area contributed by atoms with E-state index in [0.717, 1.165) is 10.0 Å². The van der Waals surface area contributed by atoms with Gasteiger partial charge < -0.3 is 5.32 Å². The number of ketones is 1. The molecule has 0 atom stereocenters. The van der Waals surface area contributed by atoms with Gasteiger partial charge in [-0.25, -0.2) is 9.97 Å². The monoisotopic (exact) mass is 399 g/mol. The molecular formula is C18H14BrN3OS. The maximum atomic E-state index is 12.4. The molecule has 0 radical (unpaired) electrons. The van der Waals surface area contributed by atoms with Gasteiger partial charge in [0, 0.05) is 10.7 Å². The molecule has 2 heterocycles. The van der Waals surface area contributed by atoms with Crippen molar-refractivity contribution in [2.45, 2.75) is 6.92 Å². The average Bonchev–Trinajstić information content (AvgIpc) is 2.95. The fourth-order valence-electron chi connectivity index (χ4n) is 2.05. The largest absolute Gasteiger partial charge is 0.316 e. The molecule has 0 saturated heterocycles. The first-order valence-corrected chi connectivity index (χ1v) is 8.86. The summed E-state index contributed by atoms with van der Waals surface area (Å²) in [6.07, 6.45) is 5.09. The maximum absolute atomic E-state index is 12.4. The minimum Gasteiger partial charge on any atom is -0.316 e. The molecule has 120 valence electrons. The number of hydrogen-bond donors (Lipinski definition) is 1. The number of allylic oxidation sites excluding steroid dienone is 1. The maximum Gasteiger partial charge on any atom is 0.197 e. The lowest BCUT2D eigenvalue weighted by Gasteiger charge is -1.98. The smallest absolute Gasteiger partial charge is 0.197 e. The van der Waals surface area contributed by atoms with E-state index in [-0.39, 0.29) is 5.78 Å². The first kappa shape index (κ1) is 16.5. The molecule has 0 amide bonds. The summed E-state index contributed by atoms with van der Waals surface area (Å²) >= 11 is 4.72. The van der Waals surface area contributed by atoms with Crippen molar-refractivity contribution >= 4 is 50.1 Å². The Morgan fingerprint density at radius 2 is 2.00 bits per heavy atom. The van der Waals surface area contributed by atoms with Crippen molar-refractivity contribution < 1.29 is 4.79 Å². The highest BCUT2D eigenvalue weighted by atomic mass is 79.9. The predicted molar refractivity (Wildman–Crippen MR) is 102 cm³/mol. The van der Waals surface area contributed by atoms with Gasteiger partial charge in [0.15, 0.2) is 10.9 Å². The molecule has 0 aliphatic heterocycles. The molecule has 0 unspecified atom stereocenters. The van der Waals surface area contributed by atoms with Crippen molar-refractivity contribution in [3.63, 3.8) is 0 Å². The molecule has 24 heavy (non-hydrogen) atoms. The summed E-state index contributed by atoms with van der Waals surface area (Å²) in [6, 6.07) is 13.4. The second-order valence-electron chi connectivity index (χ2n) is 5.02. The van der Waals surface area contributed by atoms with Crippen molar-refractivity contribution in [1.29, 1.82) is 0 Å². The van der Waals surface area contributed by atoms with Gasteiger partial charge in [-0.05, 0) is 42.8 Å². The van der Waals surface area contributed by atoms with Crippen LogP contribution >= 0.6 is 27.3 Å². The number of aryl methyl sites for hydroxylation is 1. The van der Waals surface area contributed by atoms with E-state index >= 15 is 0 Å². The van der Waals surface area contributed by atoms with Crippen molar-refractivity contribution in [1.82, 2.24) is 9.97 Å². The highest BCUT2D eigenvalue weighted by Crippen LogP contribution is 2.26. The van der Waals surface area contributed by atoms with Gasteiger partial charge in [-0.3, -0.25) is 4.79 Å². The third-order valence-electron chi connectivity index (χ3n) is 3.22. The van der Waals surface area contributed by atoms with Gasteiger partial charge in [0.25, 0.3) is 0 Å². The van der Waals surface area contributed by atoms with Crippen molar-refractivity contribution in [2.24, 2.45) is 0 Å². The number of carbonyl (C=O) groups is 1. The van der Waals surface area contributed by atoms with E-state index in [1.807, 2.05) is 49.4 Å². The van der Waals surface area contributed by atoms with Gasteiger partial charge in [-0.15, -0.1) is 0 Å². The zero-order valence-electron chi connectivity index (χ0n) is 12.9. The topological polar surface area (TPSA) is 54.9 Å². The van der Waals surface area contributed by atoms with E-state index in [1.165, 1.54) is 11.3 Å². The summed E-state index contributed by atoms with van der Waals surface area (Å²) in [6.45, 7) is 1.83. The van der Waals surface area contributed by atoms with Gasteiger partial charge in [-0.2, -0.15) is 0 Å². The van der Waals surface area contributed by atoms with Crippen LogP contribution in [0.5, 0.6) is 0 Å². The van der Waals surface area contributed by atoms with Crippen LogP contribution in [-0.4, -0.2) is 15.8 Å². The molecule has 1 aromatic carbocycles. The molecule has 3 rings (SSSR count). The molecule has 3 aromatic rings. The van der Waals surface area contributed by atoms with E-state index in [9.17, 15) is 4.79 Å². The summed E-state index contributed by atoms with van der Waals surface area (Å²) in [5, 5.41) is 3.77. The Morgan fingerprint density at radius 1 is 1.21 bits per heavy atom. The van der Waals surface area contributed by atoms with Gasteiger partial charge in [0.2, 0.25) is 0 Å². The van der Waals surface area contributed by atoms with E-state index in [1.54, 1.807) is 18.3 Å². The van der Waals surface area contributed by atoms with Crippen LogP contribution in [0, 0.1) is 6.92 Å². The number of halogens is 1. The van der Waals surface area contributed by atoms with E-state index in [4.69, 9.17) is 0 Å². The number of thiazole rings is 1. The summed E-state index contributed by atoms with van der Waals surface area (Å²) in [5.41, 5.74) is 1.68. The number of benzene rings is 1. The average molecular weight is 400 g/mol. The Kier molecular flexibility index (Phi) is 5.17. The number of nitrogens with zero attached hydrogens (tertiary/aromatic N) is 2. The Hall–Kier alpha value is -2.31. The van der Waals surface area contributed by atoms with Crippen LogP contribution in [0.1, 0.15) is 20.9 Å². The van der Waals surface area contributed by atoms with Crippen LogP contribution in [0.3, 0.4) is 0 Å². The minimum absolute atomic E-state index is 0.0537. The molecule has 0 fully saturated rings. The predicted octanol–water partition coefficient (Wildman–Crippen LogP) is 5.25. The Morgan fingerprint density at radius 3 is 2.71 bits per heavy atom. The second kappa shape index (κ2) is 7.51. The summed E-state index contributed by atoms with van der Waals surface area (Å²) < 4.78 is 1.01. The molecule has 0 aliphatic rings. The SMILES string of the molecule is Cc1nc(Nc2ccccn2)sc1C(=O)/C=C/c1ccc(Br)cc1. The lowest BCUT2D eigenvalue weighted by atomic mass is 10.2. The number of anilines is 2.